The van der Waals surface area contributed by atoms with E-state index in [4.69, 9.17) is 18.7 Å². The van der Waals surface area contributed by atoms with Gasteiger partial charge in [-0.3, -0.25) is 0 Å². The number of carbonyl (C=O) groups is 1. The molecule has 2 fully saturated rings. The van der Waals surface area contributed by atoms with Crippen LogP contribution in [-0.2, 0) is 37.1 Å². The second kappa shape index (κ2) is 14.8. The predicted molar refractivity (Wildman–Crippen MR) is 164 cm³/mol. The third kappa shape index (κ3) is 8.27. The number of aliphatic hydroxyl groups excluding tert-OH is 1. The van der Waals surface area contributed by atoms with Crippen LogP contribution in [0.3, 0.4) is 0 Å². The molecule has 3 aromatic rings. The molecule has 0 spiro atoms. The van der Waals surface area contributed by atoms with E-state index in [2.05, 4.69) is 15.5 Å². The van der Waals surface area contributed by atoms with Gasteiger partial charge in [-0.25, -0.2) is 13.2 Å². The van der Waals surface area contributed by atoms with E-state index < -0.39 is 34.4 Å². The van der Waals surface area contributed by atoms with E-state index in [-0.39, 0.29) is 49.1 Å². The Morgan fingerprint density at radius 3 is 2.58 bits per heavy atom. The Morgan fingerprint density at radius 1 is 1.11 bits per heavy atom. The van der Waals surface area contributed by atoms with Gasteiger partial charge in [0.25, 0.3) is 0 Å². The van der Waals surface area contributed by atoms with Crippen molar-refractivity contribution >= 4 is 16.1 Å². The average molecular weight is 643 g/mol. The third-order valence-corrected chi connectivity index (χ3v) is 9.80. The normalized spacial score (nSPS) is 21.2. The molecule has 12 nitrogen and oxygen atoms in total. The lowest BCUT2D eigenvalue weighted by Crippen LogP contribution is -2.51. The van der Waals surface area contributed by atoms with E-state index >= 15 is 0 Å². The van der Waals surface area contributed by atoms with Crippen LogP contribution in [0.25, 0.3) is 11.4 Å². The second-order valence-electron chi connectivity index (χ2n) is 12.0. The largest absolute Gasteiger partial charge is 0.443 e. The first kappa shape index (κ1) is 33.0. The van der Waals surface area contributed by atoms with Crippen molar-refractivity contribution in [3.05, 3.63) is 66.1 Å². The summed E-state index contributed by atoms with van der Waals surface area (Å²) >= 11 is 0. The summed E-state index contributed by atoms with van der Waals surface area (Å²) in [4.78, 5) is 17.5. The Balaban J connectivity index is 1.32. The summed E-state index contributed by atoms with van der Waals surface area (Å²) in [6, 6.07) is 14.8. The number of ether oxygens (including phenoxy) is 3. The quantitative estimate of drug-likeness (QED) is 0.266. The number of nitrogens with one attached hydrogen (secondary N) is 1. The van der Waals surface area contributed by atoms with Crippen LogP contribution in [0.15, 0.2) is 64.0 Å². The van der Waals surface area contributed by atoms with Crippen molar-refractivity contribution in [2.45, 2.75) is 75.9 Å². The van der Waals surface area contributed by atoms with E-state index in [1.807, 2.05) is 51.1 Å². The fourth-order valence-corrected chi connectivity index (χ4v) is 7.27. The monoisotopic (exact) mass is 642 g/mol. The molecule has 2 aliphatic rings. The molecule has 5 rings (SSSR count). The van der Waals surface area contributed by atoms with Gasteiger partial charge in [0.15, 0.2) is 6.29 Å². The number of carbonyl (C=O) groups excluding carboxylic acids is 1. The summed E-state index contributed by atoms with van der Waals surface area (Å²) in [5.74, 6) is 0.845. The van der Waals surface area contributed by atoms with Gasteiger partial charge in [-0.15, -0.1) is 0 Å². The van der Waals surface area contributed by atoms with Crippen molar-refractivity contribution in [1.82, 2.24) is 19.8 Å². The molecule has 3 heterocycles. The van der Waals surface area contributed by atoms with Gasteiger partial charge in [0.1, 0.15) is 6.10 Å². The first-order chi connectivity index (χ1) is 21.6. The minimum absolute atomic E-state index is 0.0306. The number of sulfonamides is 1. The number of aromatic nitrogens is 2. The maximum absolute atomic E-state index is 13.9. The van der Waals surface area contributed by atoms with Gasteiger partial charge in [-0.05, 0) is 55.0 Å². The Hall–Kier alpha value is -3.36. The number of nitrogens with zero attached hydrogens (tertiary/aromatic N) is 3. The van der Waals surface area contributed by atoms with Crippen LogP contribution in [0.5, 0.6) is 0 Å². The summed E-state index contributed by atoms with van der Waals surface area (Å²) in [6.07, 6.45) is -0.252. The lowest BCUT2D eigenvalue weighted by Gasteiger charge is -2.31. The summed E-state index contributed by atoms with van der Waals surface area (Å²) in [5, 5.41) is 18.3. The van der Waals surface area contributed by atoms with E-state index in [0.29, 0.717) is 30.3 Å². The number of hydrogen-bond acceptors (Lipinski definition) is 10. The summed E-state index contributed by atoms with van der Waals surface area (Å²) in [6.45, 7) is 6.53. The van der Waals surface area contributed by atoms with E-state index in [0.717, 1.165) is 18.4 Å². The zero-order valence-electron chi connectivity index (χ0n) is 25.9. The molecule has 2 aromatic carbocycles. The summed E-state index contributed by atoms with van der Waals surface area (Å²) < 4.78 is 51.2. The Kier molecular flexibility index (Phi) is 10.9. The summed E-state index contributed by atoms with van der Waals surface area (Å²) in [7, 11) is -4.02. The zero-order chi connectivity index (χ0) is 32.0. The van der Waals surface area contributed by atoms with Gasteiger partial charge in [0, 0.05) is 25.1 Å². The number of amides is 1. The van der Waals surface area contributed by atoms with Crippen LogP contribution < -0.4 is 5.32 Å². The fraction of sp³-hybridized carbons (Fsp3) is 0.531. The molecule has 45 heavy (non-hydrogen) atoms. The molecule has 0 saturated carbocycles. The molecule has 0 unspecified atom stereocenters. The SMILES string of the molecule is CCCc1nc(-c2ccc(S(=O)(=O)N(CC(C)C)C[C@@H](O)[C@H](Cc3ccccc3)NC(=O)O[C@H]3CO[C@H]4OCC[C@H]43)cc2)no1. The van der Waals surface area contributed by atoms with Gasteiger partial charge in [-0.1, -0.05) is 56.3 Å². The molecule has 244 valence electrons. The standard InChI is InChI=1S/C32H42N4O8S/c1-4-8-29-34-30(35-44-29)23-11-13-24(14-12-23)45(39,40)36(18-21(2)3)19-27(37)26(17-22-9-6-5-7-10-22)33-32(38)43-28-20-42-31-25(28)15-16-41-31/h5-7,9-14,21,25-28,31,37H,4,8,15-20H2,1-3H3,(H,33,38)/t25-,26-,27+,28-,31+/m0/s1. The molecule has 2 saturated heterocycles. The number of benzene rings is 2. The lowest BCUT2D eigenvalue weighted by molar-refractivity contribution is -0.0907. The highest BCUT2D eigenvalue weighted by molar-refractivity contribution is 7.89. The molecule has 0 aliphatic carbocycles. The molecule has 1 amide bonds. The van der Waals surface area contributed by atoms with Crippen molar-refractivity contribution in [1.29, 1.82) is 0 Å². The first-order valence-corrected chi connectivity index (χ1v) is 16.9. The molecule has 2 N–H and O–H groups in total. The van der Waals surface area contributed by atoms with E-state index in [1.54, 1.807) is 12.1 Å². The van der Waals surface area contributed by atoms with Crippen LogP contribution in [0, 0.1) is 11.8 Å². The van der Waals surface area contributed by atoms with Crippen molar-refractivity contribution in [3.63, 3.8) is 0 Å². The molecule has 2 aliphatic heterocycles. The van der Waals surface area contributed by atoms with Gasteiger partial charge in [0.05, 0.1) is 36.2 Å². The smallest absolute Gasteiger partial charge is 0.407 e. The molecular formula is C32H42N4O8S. The van der Waals surface area contributed by atoms with Crippen LogP contribution in [0.4, 0.5) is 4.79 Å². The summed E-state index contributed by atoms with van der Waals surface area (Å²) in [5.41, 5.74) is 1.50. The predicted octanol–water partition coefficient (Wildman–Crippen LogP) is 3.80. The van der Waals surface area contributed by atoms with Gasteiger partial charge < -0.3 is 29.2 Å². The molecule has 0 radical (unpaired) electrons. The highest BCUT2D eigenvalue weighted by atomic mass is 32.2. The maximum Gasteiger partial charge on any atom is 0.407 e. The average Bonchev–Trinajstić information content (AvgIpc) is 3.76. The third-order valence-electron chi connectivity index (χ3n) is 7.95. The number of aliphatic hydroxyl groups is 1. The van der Waals surface area contributed by atoms with E-state index in [9.17, 15) is 18.3 Å². The molecule has 1 aromatic heterocycles. The van der Waals surface area contributed by atoms with Crippen molar-refractivity contribution in [3.8, 4) is 11.4 Å². The highest BCUT2D eigenvalue weighted by Crippen LogP contribution is 2.33. The van der Waals surface area contributed by atoms with Gasteiger partial charge >= 0.3 is 6.09 Å². The number of rotatable bonds is 14. The number of fused-ring (bicyclic) bond motifs is 1. The van der Waals surface area contributed by atoms with Crippen LogP contribution in [-0.4, -0.2) is 84.9 Å². The molecular weight excluding hydrogens is 600 g/mol. The molecule has 5 atom stereocenters. The second-order valence-corrected chi connectivity index (χ2v) is 13.9. The Bertz CT molecular complexity index is 1500. The van der Waals surface area contributed by atoms with Gasteiger partial charge in [-0.2, -0.15) is 9.29 Å². The Labute approximate surface area is 264 Å². The topological polar surface area (TPSA) is 153 Å². The van der Waals surface area contributed by atoms with Crippen LogP contribution >= 0.6 is 0 Å². The number of aryl methyl sites for hydroxylation is 1. The van der Waals surface area contributed by atoms with Crippen molar-refractivity contribution in [2.24, 2.45) is 11.8 Å². The minimum atomic E-state index is -4.02. The molecule has 13 heteroatoms. The minimum Gasteiger partial charge on any atom is -0.443 e. The Morgan fingerprint density at radius 2 is 1.87 bits per heavy atom. The maximum atomic E-state index is 13.9. The van der Waals surface area contributed by atoms with Crippen molar-refractivity contribution in [2.75, 3.05) is 26.3 Å². The first-order valence-electron chi connectivity index (χ1n) is 15.5. The van der Waals surface area contributed by atoms with Crippen LogP contribution in [0.2, 0.25) is 0 Å². The highest BCUT2D eigenvalue weighted by Gasteiger charge is 2.44. The molecule has 0 bridgehead atoms. The number of hydrogen-bond donors (Lipinski definition) is 2. The fourth-order valence-electron chi connectivity index (χ4n) is 5.65. The van der Waals surface area contributed by atoms with E-state index in [1.165, 1.54) is 16.4 Å². The number of alkyl carbamates (subject to hydrolysis) is 1. The van der Waals surface area contributed by atoms with Gasteiger partial charge in [0.2, 0.25) is 21.7 Å². The van der Waals surface area contributed by atoms with Crippen molar-refractivity contribution < 1.29 is 37.1 Å². The van der Waals surface area contributed by atoms with Crippen LogP contribution in [0.1, 0.15) is 45.1 Å². The lowest BCUT2D eigenvalue weighted by atomic mass is 10.0. The zero-order valence-corrected chi connectivity index (χ0v) is 26.7.